The van der Waals surface area contributed by atoms with Crippen LogP contribution in [0, 0.1) is 6.92 Å². The number of nitrogens with zero attached hydrogens (tertiary/aromatic N) is 2. The normalized spacial score (nSPS) is 14.0. The third-order valence-electron chi connectivity index (χ3n) is 3.05. The number of carbonyl (C=O) groups is 1. The Bertz CT molecular complexity index is 690. The van der Waals surface area contributed by atoms with Crippen molar-refractivity contribution in [2.75, 3.05) is 0 Å². The van der Waals surface area contributed by atoms with Crippen molar-refractivity contribution in [2.24, 2.45) is 4.99 Å². The van der Waals surface area contributed by atoms with E-state index in [0.29, 0.717) is 22.8 Å². The summed E-state index contributed by atoms with van der Waals surface area (Å²) >= 11 is 5.86. The number of ketones is 1. The van der Waals surface area contributed by atoms with Crippen LogP contribution >= 0.6 is 11.6 Å². The zero-order valence-corrected chi connectivity index (χ0v) is 11.1. The molecule has 0 aliphatic carbocycles. The molecule has 1 aliphatic rings. The number of aryl methyl sites for hydroxylation is 1. The quantitative estimate of drug-likeness (QED) is 0.792. The van der Waals surface area contributed by atoms with Gasteiger partial charge in [0.05, 0.1) is 17.7 Å². The molecule has 2 aromatic rings. The smallest absolute Gasteiger partial charge is 0.172 e. The zero-order chi connectivity index (χ0) is 13.4. The van der Waals surface area contributed by atoms with Gasteiger partial charge in [-0.3, -0.25) is 4.79 Å². The fourth-order valence-electron chi connectivity index (χ4n) is 2.08. The maximum atomic E-state index is 12.1. The third kappa shape index (κ3) is 2.29. The molecule has 0 saturated heterocycles. The van der Waals surface area contributed by atoms with Gasteiger partial charge >= 0.3 is 0 Å². The second-order valence-electron chi connectivity index (χ2n) is 4.55. The third-order valence-corrected chi connectivity index (χ3v) is 3.30. The van der Waals surface area contributed by atoms with E-state index in [2.05, 4.69) is 9.98 Å². The summed E-state index contributed by atoms with van der Waals surface area (Å²) < 4.78 is 0. The van der Waals surface area contributed by atoms with Gasteiger partial charge in [0, 0.05) is 11.2 Å². The Morgan fingerprint density at radius 2 is 1.95 bits per heavy atom. The summed E-state index contributed by atoms with van der Waals surface area (Å²) in [4.78, 5) is 20.8. The summed E-state index contributed by atoms with van der Waals surface area (Å²) in [6.07, 6.45) is 2.03. The van der Waals surface area contributed by atoms with Gasteiger partial charge in [0.2, 0.25) is 0 Å². The lowest BCUT2D eigenvalue weighted by atomic mass is 9.97. The van der Waals surface area contributed by atoms with E-state index in [1.54, 1.807) is 18.3 Å². The van der Waals surface area contributed by atoms with Gasteiger partial charge in [-0.1, -0.05) is 23.7 Å². The summed E-state index contributed by atoms with van der Waals surface area (Å²) in [5.74, 6) is 0.568. The first kappa shape index (κ1) is 12.1. The molecular weight excluding hydrogens is 260 g/mol. The van der Waals surface area contributed by atoms with E-state index >= 15 is 0 Å². The van der Waals surface area contributed by atoms with Gasteiger partial charge < -0.3 is 0 Å². The Morgan fingerprint density at radius 1 is 1.21 bits per heavy atom. The van der Waals surface area contributed by atoms with E-state index in [-0.39, 0.29) is 5.78 Å². The van der Waals surface area contributed by atoms with Gasteiger partial charge in [0.15, 0.2) is 11.6 Å². The second kappa shape index (κ2) is 4.59. The predicted molar refractivity (Wildman–Crippen MR) is 75.6 cm³/mol. The van der Waals surface area contributed by atoms with Crippen LogP contribution in [-0.4, -0.2) is 16.5 Å². The Kier molecular flexibility index (Phi) is 2.91. The molecule has 4 heteroatoms. The lowest BCUT2D eigenvalue weighted by Crippen LogP contribution is -2.15. The number of aliphatic imine (C=N–C) groups is 1. The standard InChI is InChI=1S/C15H11ClN2O/c1-9-6-12-14(19)7-13(18-15(12)17-8-9)10-2-4-11(16)5-3-10/h2-6,8H,7H2,1H3. The molecule has 0 bridgehead atoms. The number of pyridine rings is 1. The first-order valence-corrected chi connectivity index (χ1v) is 6.34. The average molecular weight is 271 g/mol. The number of hydrogen-bond donors (Lipinski definition) is 0. The van der Waals surface area contributed by atoms with Gasteiger partial charge in [-0.05, 0) is 36.2 Å². The van der Waals surface area contributed by atoms with Gasteiger partial charge in [0.25, 0.3) is 0 Å². The first-order chi connectivity index (χ1) is 9.13. The van der Waals surface area contributed by atoms with Gasteiger partial charge in [-0.15, -0.1) is 0 Å². The molecule has 0 saturated carbocycles. The molecule has 0 spiro atoms. The minimum Gasteiger partial charge on any atom is -0.294 e. The Balaban J connectivity index is 2.08. The molecule has 0 N–H and O–H groups in total. The molecular formula is C15H11ClN2O. The van der Waals surface area contributed by atoms with Crippen LogP contribution in [0.2, 0.25) is 5.02 Å². The van der Waals surface area contributed by atoms with Gasteiger partial charge in [-0.2, -0.15) is 0 Å². The maximum Gasteiger partial charge on any atom is 0.172 e. The number of hydrogen-bond acceptors (Lipinski definition) is 3. The second-order valence-corrected chi connectivity index (χ2v) is 4.99. The molecule has 0 amide bonds. The van der Waals surface area contributed by atoms with Gasteiger partial charge in [-0.25, -0.2) is 9.98 Å². The van der Waals surface area contributed by atoms with E-state index in [1.807, 2.05) is 25.1 Å². The van der Waals surface area contributed by atoms with E-state index in [4.69, 9.17) is 11.6 Å². The monoisotopic (exact) mass is 270 g/mol. The van der Waals surface area contributed by atoms with E-state index in [0.717, 1.165) is 16.8 Å². The number of aromatic nitrogens is 1. The largest absolute Gasteiger partial charge is 0.294 e. The van der Waals surface area contributed by atoms with Gasteiger partial charge in [0.1, 0.15) is 0 Å². The van der Waals surface area contributed by atoms with Crippen LogP contribution in [0.1, 0.15) is 27.9 Å². The predicted octanol–water partition coefficient (Wildman–Crippen LogP) is 3.75. The summed E-state index contributed by atoms with van der Waals surface area (Å²) in [5, 5.41) is 0.667. The highest BCUT2D eigenvalue weighted by molar-refractivity contribution is 6.30. The highest BCUT2D eigenvalue weighted by Gasteiger charge is 2.21. The molecule has 0 atom stereocenters. The van der Waals surface area contributed by atoms with Crippen LogP contribution in [0.3, 0.4) is 0 Å². The molecule has 1 aliphatic heterocycles. The molecule has 0 radical (unpaired) electrons. The molecule has 19 heavy (non-hydrogen) atoms. The average Bonchev–Trinajstić information content (AvgIpc) is 2.40. The van der Waals surface area contributed by atoms with Crippen LogP contribution in [0.5, 0.6) is 0 Å². The van der Waals surface area contributed by atoms with Crippen molar-refractivity contribution in [3.8, 4) is 0 Å². The molecule has 0 fully saturated rings. The number of benzene rings is 1. The molecule has 94 valence electrons. The zero-order valence-electron chi connectivity index (χ0n) is 10.4. The van der Waals surface area contributed by atoms with Crippen LogP contribution in [0.4, 0.5) is 5.82 Å². The highest BCUT2D eigenvalue weighted by atomic mass is 35.5. The lowest BCUT2D eigenvalue weighted by molar-refractivity contribution is 0.0999. The maximum absolute atomic E-state index is 12.1. The van der Waals surface area contributed by atoms with Crippen molar-refractivity contribution < 1.29 is 4.79 Å². The number of Topliss-reactive ketones (excluding diaryl/α,β-unsaturated/α-hetero) is 1. The minimum absolute atomic E-state index is 0.0613. The SMILES string of the molecule is Cc1cnc2c(c1)C(=O)CC(c1ccc(Cl)cc1)=N2. The Hall–Kier alpha value is -2.00. The molecule has 1 aromatic carbocycles. The van der Waals surface area contributed by atoms with Crippen LogP contribution in [-0.2, 0) is 0 Å². The highest BCUT2D eigenvalue weighted by Crippen LogP contribution is 2.26. The lowest BCUT2D eigenvalue weighted by Gasteiger charge is -2.14. The van der Waals surface area contributed by atoms with Crippen molar-refractivity contribution in [3.63, 3.8) is 0 Å². The first-order valence-electron chi connectivity index (χ1n) is 5.97. The van der Waals surface area contributed by atoms with Crippen molar-refractivity contribution in [3.05, 3.63) is 58.2 Å². The van der Waals surface area contributed by atoms with Crippen LogP contribution < -0.4 is 0 Å². The number of halogens is 1. The van der Waals surface area contributed by atoms with E-state index < -0.39 is 0 Å². The topological polar surface area (TPSA) is 42.3 Å². The fraction of sp³-hybridized carbons (Fsp3) is 0.133. The number of fused-ring (bicyclic) bond motifs is 1. The summed E-state index contributed by atoms with van der Waals surface area (Å²) in [7, 11) is 0. The van der Waals surface area contributed by atoms with Crippen LogP contribution in [0.15, 0.2) is 41.5 Å². The fourth-order valence-corrected chi connectivity index (χ4v) is 2.21. The van der Waals surface area contributed by atoms with Crippen molar-refractivity contribution in [1.82, 2.24) is 4.98 Å². The Labute approximate surface area is 116 Å². The number of rotatable bonds is 1. The molecule has 2 heterocycles. The molecule has 3 nitrogen and oxygen atoms in total. The van der Waals surface area contributed by atoms with E-state index in [1.165, 1.54) is 0 Å². The minimum atomic E-state index is 0.0613. The summed E-state index contributed by atoms with van der Waals surface area (Å²) in [5.41, 5.74) is 3.23. The molecule has 1 aromatic heterocycles. The van der Waals surface area contributed by atoms with Crippen molar-refractivity contribution >= 4 is 28.9 Å². The van der Waals surface area contributed by atoms with Crippen molar-refractivity contribution in [2.45, 2.75) is 13.3 Å². The Morgan fingerprint density at radius 3 is 2.68 bits per heavy atom. The van der Waals surface area contributed by atoms with Crippen LogP contribution in [0.25, 0.3) is 0 Å². The van der Waals surface area contributed by atoms with E-state index in [9.17, 15) is 4.79 Å². The summed E-state index contributed by atoms with van der Waals surface area (Å²) in [6, 6.07) is 9.16. The summed E-state index contributed by atoms with van der Waals surface area (Å²) in [6.45, 7) is 1.92. The molecule has 3 rings (SSSR count). The van der Waals surface area contributed by atoms with Crippen molar-refractivity contribution in [1.29, 1.82) is 0 Å². The molecule has 0 unspecified atom stereocenters. The number of carbonyl (C=O) groups excluding carboxylic acids is 1.